The van der Waals surface area contributed by atoms with E-state index in [1.165, 1.54) is 0 Å². The van der Waals surface area contributed by atoms with Crippen molar-refractivity contribution in [2.24, 2.45) is 5.84 Å². The van der Waals surface area contributed by atoms with Crippen LogP contribution in [0.15, 0.2) is 0 Å². The number of carbonyl (C=O) groups excluding carboxylic acids is 1. The minimum absolute atomic E-state index is 0. The number of hydrazine groups is 2. The summed E-state index contributed by atoms with van der Waals surface area (Å²) in [5.41, 5.74) is -0.487. The van der Waals surface area contributed by atoms with Crippen molar-refractivity contribution in [3.8, 4) is 0 Å². The first-order valence-corrected chi connectivity index (χ1v) is 4.43. The summed E-state index contributed by atoms with van der Waals surface area (Å²) in [6.07, 6.45) is 0.587. The standard InChI is InChI=1S/C8H17N3O2.ClH/c1-8(2,3)13-7(12)11(9)10-5-4-6-10;/h4-6,9H2,1-3H3;1H. The molecule has 0 aromatic heterocycles. The van der Waals surface area contributed by atoms with Crippen LogP contribution in [0.4, 0.5) is 4.79 Å². The topological polar surface area (TPSA) is 58.8 Å². The average Bonchev–Trinajstić information content (AvgIpc) is 1.78. The van der Waals surface area contributed by atoms with Crippen LogP contribution >= 0.6 is 12.4 Å². The van der Waals surface area contributed by atoms with E-state index in [2.05, 4.69) is 0 Å². The lowest BCUT2D eigenvalue weighted by Crippen LogP contribution is -2.57. The van der Waals surface area contributed by atoms with Gasteiger partial charge in [0.1, 0.15) is 5.60 Å². The Hall–Kier alpha value is -0.520. The highest BCUT2D eigenvalue weighted by Crippen LogP contribution is 2.12. The summed E-state index contributed by atoms with van der Waals surface area (Å²) in [6.45, 7) is 7.10. The fourth-order valence-corrected chi connectivity index (χ4v) is 0.939. The maximum Gasteiger partial charge on any atom is 0.439 e. The van der Waals surface area contributed by atoms with E-state index < -0.39 is 11.7 Å². The van der Waals surface area contributed by atoms with Gasteiger partial charge in [-0.15, -0.1) is 12.4 Å². The molecule has 0 atom stereocenters. The lowest BCUT2D eigenvalue weighted by Gasteiger charge is -2.37. The smallest absolute Gasteiger partial charge is 0.439 e. The van der Waals surface area contributed by atoms with Crippen LogP contribution in [0.5, 0.6) is 0 Å². The van der Waals surface area contributed by atoms with E-state index in [4.69, 9.17) is 10.6 Å². The zero-order valence-electron chi connectivity index (χ0n) is 8.82. The third kappa shape index (κ3) is 3.69. The van der Waals surface area contributed by atoms with E-state index >= 15 is 0 Å². The zero-order chi connectivity index (χ0) is 10.1. The first-order chi connectivity index (χ1) is 5.90. The second-order valence-electron chi connectivity index (χ2n) is 4.13. The molecule has 0 saturated carbocycles. The second kappa shape index (κ2) is 4.82. The summed E-state index contributed by atoms with van der Waals surface area (Å²) in [4.78, 5) is 11.3. The molecule has 0 radical (unpaired) electrons. The van der Waals surface area contributed by atoms with Crippen LogP contribution in [-0.4, -0.2) is 34.9 Å². The number of hydrogen-bond acceptors (Lipinski definition) is 4. The largest absolute Gasteiger partial charge is 0.442 e. The van der Waals surface area contributed by atoms with Gasteiger partial charge in [0.15, 0.2) is 0 Å². The van der Waals surface area contributed by atoms with Gasteiger partial charge in [-0.1, -0.05) is 0 Å². The van der Waals surface area contributed by atoms with E-state index in [1.807, 2.05) is 20.8 Å². The SMILES string of the molecule is CC(C)(C)OC(=O)N(N)N1CCC1.Cl. The molecule has 5 nitrogen and oxygen atoms in total. The molecule has 84 valence electrons. The van der Waals surface area contributed by atoms with Gasteiger partial charge < -0.3 is 4.74 Å². The summed E-state index contributed by atoms with van der Waals surface area (Å²) in [5, 5.41) is 2.79. The van der Waals surface area contributed by atoms with E-state index in [-0.39, 0.29) is 12.4 Å². The molecule has 0 aromatic rings. The highest BCUT2D eigenvalue weighted by atomic mass is 35.5. The summed E-state index contributed by atoms with van der Waals surface area (Å²) in [5.74, 6) is 5.51. The number of hydrogen-bond donors (Lipinski definition) is 1. The van der Waals surface area contributed by atoms with Crippen molar-refractivity contribution in [2.45, 2.75) is 32.8 Å². The van der Waals surface area contributed by atoms with Gasteiger partial charge in [0.2, 0.25) is 0 Å². The molecule has 1 amide bonds. The van der Waals surface area contributed by atoms with Crippen LogP contribution in [0.2, 0.25) is 0 Å². The third-order valence-corrected chi connectivity index (χ3v) is 1.72. The molecule has 2 N–H and O–H groups in total. The van der Waals surface area contributed by atoms with Crippen LogP contribution in [0.25, 0.3) is 0 Å². The second-order valence-corrected chi connectivity index (χ2v) is 4.13. The Labute approximate surface area is 90.5 Å². The van der Waals surface area contributed by atoms with Gasteiger partial charge in [0.05, 0.1) is 0 Å². The number of rotatable bonds is 1. The lowest BCUT2D eigenvalue weighted by molar-refractivity contribution is -0.0811. The molecule has 1 aliphatic rings. The predicted octanol–water partition coefficient (Wildman–Crippen LogP) is 1.14. The highest BCUT2D eigenvalue weighted by molar-refractivity contribution is 5.85. The number of ether oxygens (including phenoxy) is 1. The number of nitrogens with zero attached hydrogens (tertiary/aromatic N) is 2. The third-order valence-electron chi connectivity index (χ3n) is 1.72. The van der Waals surface area contributed by atoms with Crippen LogP contribution in [-0.2, 0) is 4.74 Å². The Morgan fingerprint density at radius 3 is 2.21 bits per heavy atom. The van der Waals surface area contributed by atoms with Crippen molar-refractivity contribution in [3.05, 3.63) is 0 Å². The summed E-state index contributed by atoms with van der Waals surface area (Å²) in [7, 11) is 0. The van der Waals surface area contributed by atoms with Gasteiger partial charge in [-0.25, -0.2) is 15.6 Å². The van der Waals surface area contributed by atoms with Crippen LogP contribution < -0.4 is 5.84 Å². The summed E-state index contributed by atoms with van der Waals surface area (Å²) < 4.78 is 5.08. The first-order valence-electron chi connectivity index (χ1n) is 4.43. The lowest BCUT2D eigenvalue weighted by atomic mass is 10.2. The van der Waals surface area contributed by atoms with E-state index in [1.54, 1.807) is 5.01 Å². The fourth-order valence-electron chi connectivity index (χ4n) is 0.939. The number of carbonyl (C=O) groups is 1. The average molecular weight is 224 g/mol. The summed E-state index contributed by atoms with van der Waals surface area (Å²) in [6, 6.07) is 0. The van der Waals surface area contributed by atoms with E-state index in [0.717, 1.165) is 24.6 Å². The molecule has 1 aliphatic heterocycles. The molecule has 1 fully saturated rings. The Morgan fingerprint density at radius 2 is 1.93 bits per heavy atom. The van der Waals surface area contributed by atoms with Crippen LogP contribution in [0.3, 0.4) is 0 Å². The predicted molar refractivity (Wildman–Crippen MR) is 55.7 cm³/mol. The number of amides is 1. The number of halogens is 1. The number of nitrogens with two attached hydrogens (primary N) is 1. The van der Waals surface area contributed by atoms with E-state index in [0.29, 0.717) is 0 Å². The Bertz CT molecular complexity index is 201. The summed E-state index contributed by atoms with van der Waals surface area (Å²) >= 11 is 0. The van der Waals surface area contributed by atoms with Crippen molar-refractivity contribution in [3.63, 3.8) is 0 Å². The molecule has 0 aliphatic carbocycles. The Morgan fingerprint density at radius 1 is 1.43 bits per heavy atom. The van der Waals surface area contributed by atoms with E-state index in [9.17, 15) is 4.79 Å². The maximum absolute atomic E-state index is 11.3. The molecule has 6 heteroatoms. The first kappa shape index (κ1) is 13.5. The molecule has 1 saturated heterocycles. The monoisotopic (exact) mass is 223 g/mol. The van der Waals surface area contributed by atoms with Crippen molar-refractivity contribution in [1.82, 2.24) is 10.1 Å². The quantitative estimate of drug-likeness (QED) is 0.412. The normalized spacial score (nSPS) is 16.6. The Kier molecular flexibility index (Phi) is 4.64. The molecule has 1 heterocycles. The Balaban J connectivity index is 0.00000169. The van der Waals surface area contributed by atoms with Crippen molar-refractivity contribution >= 4 is 18.5 Å². The fraction of sp³-hybridized carbons (Fsp3) is 0.875. The van der Waals surface area contributed by atoms with Gasteiger partial charge in [-0.2, -0.15) is 5.12 Å². The molecule has 1 rings (SSSR count). The van der Waals surface area contributed by atoms with Crippen molar-refractivity contribution in [2.75, 3.05) is 13.1 Å². The van der Waals surface area contributed by atoms with Crippen molar-refractivity contribution in [1.29, 1.82) is 0 Å². The molecular weight excluding hydrogens is 206 g/mol. The van der Waals surface area contributed by atoms with Gasteiger partial charge in [0, 0.05) is 13.1 Å². The van der Waals surface area contributed by atoms with Crippen molar-refractivity contribution < 1.29 is 9.53 Å². The van der Waals surface area contributed by atoms with Gasteiger partial charge >= 0.3 is 6.09 Å². The molecule has 14 heavy (non-hydrogen) atoms. The highest BCUT2D eigenvalue weighted by Gasteiger charge is 2.27. The van der Waals surface area contributed by atoms with Gasteiger partial charge in [0.25, 0.3) is 0 Å². The van der Waals surface area contributed by atoms with Crippen LogP contribution in [0.1, 0.15) is 27.2 Å². The molecule has 0 bridgehead atoms. The molecular formula is C8H18ClN3O2. The molecule has 0 aromatic carbocycles. The zero-order valence-corrected chi connectivity index (χ0v) is 9.63. The van der Waals surface area contributed by atoms with Gasteiger partial charge in [-0.05, 0) is 27.2 Å². The minimum atomic E-state index is -0.493. The minimum Gasteiger partial charge on any atom is -0.442 e. The molecule has 0 unspecified atom stereocenters. The van der Waals surface area contributed by atoms with Gasteiger partial charge in [-0.3, -0.25) is 0 Å². The van der Waals surface area contributed by atoms with Crippen LogP contribution in [0, 0.1) is 0 Å². The maximum atomic E-state index is 11.3. The molecule has 0 spiro atoms.